The van der Waals surface area contributed by atoms with Crippen LogP contribution in [0.5, 0.6) is 5.75 Å². The van der Waals surface area contributed by atoms with Crippen LogP contribution in [0, 0.1) is 0 Å². The van der Waals surface area contributed by atoms with Crippen molar-refractivity contribution in [1.82, 2.24) is 9.55 Å². The molecule has 0 amide bonds. The molecule has 2 aromatic rings. The molecule has 1 aromatic carbocycles. The fourth-order valence-electron chi connectivity index (χ4n) is 1.84. The third kappa shape index (κ3) is 1.59. The summed E-state index contributed by atoms with van der Waals surface area (Å²) < 4.78 is 1.56. The van der Waals surface area contributed by atoms with Crippen LogP contribution < -0.4 is 5.56 Å². The molecule has 88 valence electrons. The molecule has 0 atom stereocenters. The maximum atomic E-state index is 12.2. The van der Waals surface area contributed by atoms with Crippen LogP contribution in [0.1, 0.15) is 18.9 Å². The van der Waals surface area contributed by atoms with Crippen molar-refractivity contribution in [3.05, 3.63) is 32.8 Å². The second-order valence-electron chi connectivity index (χ2n) is 4.10. The largest absolute Gasteiger partial charge is 0.504 e. The third-order valence-corrected chi connectivity index (χ3v) is 3.47. The standard InChI is InChI=1S/C11H8Cl2N2O2/c12-6-3-7(13)10(16)9-8(6)11(17)15(4-14-9)5-1-2-5/h3-5,16H,1-2H2. The van der Waals surface area contributed by atoms with Crippen LogP contribution >= 0.6 is 23.2 Å². The number of nitrogens with zero attached hydrogens (tertiary/aromatic N) is 2. The summed E-state index contributed by atoms with van der Waals surface area (Å²) in [7, 11) is 0. The zero-order chi connectivity index (χ0) is 12.2. The number of aromatic nitrogens is 2. The van der Waals surface area contributed by atoms with E-state index in [1.807, 2.05) is 0 Å². The van der Waals surface area contributed by atoms with Gasteiger partial charge in [0.1, 0.15) is 5.52 Å². The lowest BCUT2D eigenvalue weighted by Crippen LogP contribution is -2.19. The molecule has 17 heavy (non-hydrogen) atoms. The lowest BCUT2D eigenvalue weighted by molar-refractivity contribution is 0.480. The zero-order valence-electron chi connectivity index (χ0n) is 8.65. The summed E-state index contributed by atoms with van der Waals surface area (Å²) >= 11 is 11.8. The second-order valence-corrected chi connectivity index (χ2v) is 4.91. The lowest BCUT2D eigenvalue weighted by atomic mass is 10.2. The molecule has 0 radical (unpaired) electrons. The fraction of sp³-hybridized carbons (Fsp3) is 0.273. The van der Waals surface area contributed by atoms with E-state index in [0.29, 0.717) is 0 Å². The van der Waals surface area contributed by atoms with Crippen molar-refractivity contribution in [3.8, 4) is 5.75 Å². The van der Waals surface area contributed by atoms with E-state index in [4.69, 9.17) is 23.2 Å². The average molecular weight is 271 g/mol. The first-order valence-corrected chi connectivity index (χ1v) is 5.93. The van der Waals surface area contributed by atoms with Crippen molar-refractivity contribution < 1.29 is 5.11 Å². The van der Waals surface area contributed by atoms with Crippen LogP contribution in [0.15, 0.2) is 17.2 Å². The Labute approximate surface area is 106 Å². The molecule has 0 aliphatic heterocycles. The number of phenolic OH excluding ortho intramolecular Hbond substituents is 1. The topological polar surface area (TPSA) is 55.1 Å². The van der Waals surface area contributed by atoms with Gasteiger partial charge in [-0.3, -0.25) is 9.36 Å². The quantitative estimate of drug-likeness (QED) is 0.867. The summed E-state index contributed by atoms with van der Waals surface area (Å²) in [4.78, 5) is 16.2. The summed E-state index contributed by atoms with van der Waals surface area (Å²) in [6.45, 7) is 0. The van der Waals surface area contributed by atoms with Crippen molar-refractivity contribution in [2.24, 2.45) is 0 Å². The molecular formula is C11H8Cl2N2O2. The Morgan fingerprint density at radius 3 is 2.71 bits per heavy atom. The zero-order valence-corrected chi connectivity index (χ0v) is 10.2. The molecule has 0 saturated heterocycles. The summed E-state index contributed by atoms with van der Waals surface area (Å²) in [5.74, 6) is -0.203. The van der Waals surface area contributed by atoms with Crippen LogP contribution in [0.25, 0.3) is 10.9 Å². The number of halogens is 2. The Balaban J connectivity index is 2.43. The van der Waals surface area contributed by atoms with Gasteiger partial charge in [0.25, 0.3) is 5.56 Å². The first-order chi connectivity index (χ1) is 8.09. The molecule has 1 aliphatic carbocycles. The van der Waals surface area contributed by atoms with E-state index in [9.17, 15) is 9.90 Å². The molecule has 1 aromatic heterocycles. The van der Waals surface area contributed by atoms with Gasteiger partial charge in [-0.15, -0.1) is 0 Å². The van der Waals surface area contributed by atoms with Gasteiger partial charge < -0.3 is 5.11 Å². The highest BCUT2D eigenvalue weighted by molar-refractivity contribution is 6.39. The molecule has 3 rings (SSSR count). The van der Waals surface area contributed by atoms with Gasteiger partial charge >= 0.3 is 0 Å². The molecule has 1 N–H and O–H groups in total. The number of hydrogen-bond acceptors (Lipinski definition) is 3. The van der Waals surface area contributed by atoms with Gasteiger partial charge in [0, 0.05) is 6.04 Å². The van der Waals surface area contributed by atoms with E-state index in [2.05, 4.69) is 4.98 Å². The van der Waals surface area contributed by atoms with Gasteiger partial charge in [-0.1, -0.05) is 23.2 Å². The van der Waals surface area contributed by atoms with E-state index in [1.54, 1.807) is 4.57 Å². The van der Waals surface area contributed by atoms with E-state index >= 15 is 0 Å². The Bertz CT molecular complexity index is 677. The van der Waals surface area contributed by atoms with Gasteiger partial charge in [-0.05, 0) is 18.9 Å². The minimum Gasteiger partial charge on any atom is -0.504 e. The highest BCUT2D eigenvalue weighted by Gasteiger charge is 2.26. The van der Waals surface area contributed by atoms with Crippen LogP contribution in [0.2, 0.25) is 10.0 Å². The Morgan fingerprint density at radius 1 is 1.35 bits per heavy atom. The summed E-state index contributed by atoms with van der Waals surface area (Å²) in [5, 5.41) is 10.3. The Hall–Kier alpha value is -1.26. The second kappa shape index (κ2) is 3.62. The summed E-state index contributed by atoms with van der Waals surface area (Å²) in [6, 6.07) is 1.58. The smallest absolute Gasteiger partial charge is 0.263 e. The third-order valence-electron chi connectivity index (χ3n) is 2.88. The molecule has 1 heterocycles. The molecule has 1 saturated carbocycles. The van der Waals surface area contributed by atoms with Crippen LogP contribution in [-0.4, -0.2) is 14.7 Å². The summed E-state index contributed by atoms with van der Waals surface area (Å²) in [5.41, 5.74) is -0.0705. The molecule has 1 fully saturated rings. The molecule has 1 aliphatic rings. The first-order valence-electron chi connectivity index (χ1n) is 5.17. The molecule has 0 unspecified atom stereocenters. The lowest BCUT2D eigenvalue weighted by Gasteiger charge is -2.07. The highest BCUT2D eigenvalue weighted by Crippen LogP contribution is 2.37. The van der Waals surface area contributed by atoms with Crippen molar-refractivity contribution in [2.75, 3.05) is 0 Å². The maximum absolute atomic E-state index is 12.2. The van der Waals surface area contributed by atoms with E-state index < -0.39 is 0 Å². The van der Waals surface area contributed by atoms with Gasteiger partial charge in [-0.25, -0.2) is 4.98 Å². The van der Waals surface area contributed by atoms with Crippen LogP contribution in [0.4, 0.5) is 0 Å². The van der Waals surface area contributed by atoms with Crippen molar-refractivity contribution in [1.29, 1.82) is 0 Å². The van der Waals surface area contributed by atoms with E-state index in [1.165, 1.54) is 12.4 Å². The molecular weight excluding hydrogens is 263 g/mol. The molecule has 0 bridgehead atoms. The van der Waals surface area contributed by atoms with E-state index in [0.717, 1.165) is 12.8 Å². The predicted molar refractivity (Wildman–Crippen MR) is 66.0 cm³/mol. The number of fused-ring (bicyclic) bond motifs is 1. The molecule has 0 spiro atoms. The number of benzene rings is 1. The van der Waals surface area contributed by atoms with Gasteiger partial charge in [0.15, 0.2) is 5.75 Å². The van der Waals surface area contributed by atoms with Crippen molar-refractivity contribution in [3.63, 3.8) is 0 Å². The molecule has 6 heteroatoms. The normalized spacial score (nSPS) is 15.4. The minimum atomic E-state index is -0.227. The monoisotopic (exact) mass is 270 g/mol. The highest BCUT2D eigenvalue weighted by atomic mass is 35.5. The van der Waals surface area contributed by atoms with Gasteiger partial charge in [-0.2, -0.15) is 0 Å². The van der Waals surface area contributed by atoms with Crippen LogP contribution in [0.3, 0.4) is 0 Å². The van der Waals surface area contributed by atoms with Crippen molar-refractivity contribution in [2.45, 2.75) is 18.9 Å². The number of hydrogen-bond donors (Lipinski definition) is 1. The average Bonchev–Trinajstić information content (AvgIpc) is 3.09. The molecule has 4 nitrogen and oxygen atoms in total. The Morgan fingerprint density at radius 2 is 2.06 bits per heavy atom. The van der Waals surface area contributed by atoms with Gasteiger partial charge in [0.2, 0.25) is 0 Å². The SMILES string of the molecule is O=c1c2c(Cl)cc(Cl)c(O)c2ncn1C1CC1. The maximum Gasteiger partial charge on any atom is 0.263 e. The van der Waals surface area contributed by atoms with E-state index in [-0.39, 0.29) is 38.3 Å². The minimum absolute atomic E-state index is 0.0959. The number of rotatable bonds is 1. The Kier molecular flexibility index (Phi) is 2.31. The first kappa shape index (κ1) is 10.9. The fourth-order valence-corrected chi connectivity index (χ4v) is 2.37. The predicted octanol–water partition coefficient (Wildman–Crippen LogP) is 2.74. The van der Waals surface area contributed by atoms with Crippen molar-refractivity contribution >= 4 is 34.1 Å². The van der Waals surface area contributed by atoms with Gasteiger partial charge in [0.05, 0.1) is 21.8 Å². The van der Waals surface area contributed by atoms with Crippen LogP contribution in [-0.2, 0) is 0 Å². The number of phenols is 1. The number of aromatic hydroxyl groups is 1. The summed E-state index contributed by atoms with van der Waals surface area (Å²) in [6.07, 6.45) is 3.39.